The van der Waals surface area contributed by atoms with Crippen LogP contribution in [-0.4, -0.2) is 13.2 Å². The van der Waals surface area contributed by atoms with Gasteiger partial charge in [0, 0.05) is 11.6 Å². The fourth-order valence-electron chi connectivity index (χ4n) is 1.71. The third-order valence-electron chi connectivity index (χ3n) is 3.08. The van der Waals surface area contributed by atoms with Gasteiger partial charge in [-0.1, -0.05) is 6.92 Å². The van der Waals surface area contributed by atoms with Gasteiger partial charge in [-0.25, -0.2) is 8.78 Å². The third-order valence-corrected chi connectivity index (χ3v) is 3.08. The van der Waals surface area contributed by atoms with Gasteiger partial charge in [-0.3, -0.25) is 0 Å². The van der Waals surface area contributed by atoms with Crippen molar-refractivity contribution in [1.82, 2.24) is 0 Å². The van der Waals surface area contributed by atoms with Crippen LogP contribution < -0.4 is 10.5 Å². The van der Waals surface area contributed by atoms with Crippen molar-refractivity contribution < 1.29 is 13.5 Å². The van der Waals surface area contributed by atoms with E-state index in [0.717, 1.165) is 18.9 Å². The summed E-state index contributed by atoms with van der Waals surface area (Å²) in [7, 11) is 0. The minimum atomic E-state index is -0.638. The lowest BCUT2D eigenvalue weighted by atomic mass is 10.00. The maximum atomic E-state index is 13.7. The van der Waals surface area contributed by atoms with Crippen LogP contribution in [-0.2, 0) is 0 Å². The lowest BCUT2D eigenvalue weighted by Gasteiger charge is -2.16. The molecule has 1 unspecified atom stereocenters. The number of rotatable bonds is 5. The molecule has 1 fully saturated rings. The summed E-state index contributed by atoms with van der Waals surface area (Å²) in [6.07, 6.45) is 2.26. The molecule has 2 nitrogen and oxygen atoms in total. The Bertz CT molecular complexity index is 405. The topological polar surface area (TPSA) is 35.2 Å². The normalized spacial score (nSPS) is 16.9. The van der Waals surface area contributed by atoms with Crippen LogP contribution in [0.5, 0.6) is 5.75 Å². The number of benzene rings is 1. The van der Waals surface area contributed by atoms with Gasteiger partial charge in [0.25, 0.3) is 0 Å². The van der Waals surface area contributed by atoms with E-state index in [9.17, 15) is 8.78 Å². The second-order valence-electron chi connectivity index (χ2n) is 4.70. The van der Waals surface area contributed by atoms with E-state index >= 15 is 0 Å². The van der Waals surface area contributed by atoms with E-state index in [1.807, 2.05) is 6.92 Å². The Labute approximate surface area is 99.8 Å². The zero-order valence-corrected chi connectivity index (χ0v) is 9.88. The molecule has 1 aliphatic carbocycles. The second kappa shape index (κ2) is 5.00. The van der Waals surface area contributed by atoms with Gasteiger partial charge in [0.2, 0.25) is 0 Å². The minimum absolute atomic E-state index is 0.116. The van der Waals surface area contributed by atoms with Crippen molar-refractivity contribution in [2.45, 2.75) is 25.7 Å². The predicted molar refractivity (Wildman–Crippen MR) is 62.0 cm³/mol. The molecule has 94 valence electrons. The fourth-order valence-corrected chi connectivity index (χ4v) is 1.71. The SMILES string of the molecule is CC(CN)c1cc(F)cc(F)c1OCC1CC1. The van der Waals surface area contributed by atoms with Crippen molar-refractivity contribution in [2.75, 3.05) is 13.2 Å². The van der Waals surface area contributed by atoms with E-state index in [1.54, 1.807) is 0 Å². The lowest BCUT2D eigenvalue weighted by Crippen LogP contribution is -2.13. The lowest BCUT2D eigenvalue weighted by molar-refractivity contribution is 0.280. The number of hydrogen-bond acceptors (Lipinski definition) is 2. The summed E-state index contributed by atoms with van der Waals surface area (Å²) in [4.78, 5) is 0. The first kappa shape index (κ1) is 12.3. The largest absolute Gasteiger partial charge is 0.490 e. The van der Waals surface area contributed by atoms with Crippen LogP contribution in [0, 0.1) is 17.6 Å². The summed E-state index contributed by atoms with van der Waals surface area (Å²) in [5.74, 6) is -0.649. The minimum Gasteiger partial charge on any atom is -0.490 e. The standard InChI is InChI=1S/C13H17F2NO/c1-8(6-16)11-4-10(14)5-12(15)13(11)17-7-9-2-3-9/h4-5,8-9H,2-3,6-7,16H2,1H3. The Balaban J connectivity index is 2.24. The van der Waals surface area contributed by atoms with Gasteiger partial charge in [0.1, 0.15) is 5.82 Å². The van der Waals surface area contributed by atoms with Gasteiger partial charge in [-0.2, -0.15) is 0 Å². The summed E-state index contributed by atoms with van der Waals surface area (Å²) >= 11 is 0. The van der Waals surface area contributed by atoms with E-state index in [-0.39, 0.29) is 11.7 Å². The first-order valence-corrected chi connectivity index (χ1v) is 5.93. The van der Waals surface area contributed by atoms with Crippen LogP contribution in [0.2, 0.25) is 0 Å². The Morgan fingerprint density at radius 3 is 2.71 bits per heavy atom. The van der Waals surface area contributed by atoms with Crippen LogP contribution in [0.25, 0.3) is 0 Å². The first-order chi connectivity index (χ1) is 8.11. The molecule has 0 amide bonds. The molecule has 1 atom stereocenters. The maximum Gasteiger partial charge on any atom is 0.168 e. The Morgan fingerprint density at radius 2 is 2.12 bits per heavy atom. The van der Waals surface area contributed by atoms with E-state index in [4.69, 9.17) is 10.5 Å². The van der Waals surface area contributed by atoms with E-state index in [2.05, 4.69) is 0 Å². The average Bonchev–Trinajstić information content (AvgIpc) is 3.09. The van der Waals surface area contributed by atoms with Crippen LogP contribution in [0.3, 0.4) is 0 Å². The molecule has 4 heteroatoms. The highest BCUT2D eigenvalue weighted by atomic mass is 19.1. The van der Waals surface area contributed by atoms with Crippen molar-refractivity contribution in [3.05, 3.63) is 29.3 Å². The Hall–Kier alpha value is -1.16. The molecule has 1 aliphatic rings. The highest BCUT2D eigenvalue weighted by Gasteiger charge is 2.24. The summed E-state index contributed by atoms with van der Waals surface area (Å²) in [5, 5.41) is 0. The van der Waals surface area contributed by atoms with E-state index in [1.165, 1.54) is 6.07 Å². The molecule has 0 saturated heterocycles. The smallest absolute Gasteiger partial charge is 0.168 e. The van der Waals surface area contributed by atoms with Crippen molar-refractivity contribution in [3.8, 4) is 5.75 Å². The van der Waals surface area contributed by atoms with Gasteiger partial charge in [-0.05, 0) is 37.3 Å². The molecule has 0 spiro atoms. The van der Waals surface area contributed by atoms with Crippen LogP contribution in [0.15, 0.2) is 12.1 Å². The Kier molecular flexibility index (Phi) is 3.62. The molecule has 17 heavy (non-hydrogen) atoms. The quantitative estimate of drug-likeness (QED) is 0.860. The predicted octanol–water partition coefficient (Wildman–Crippen LogP) is 2.82. The van der Waals surface area contributed by atoms with Crippen molar-refractivity contribution in [1.29, 1.82) is 0 Å². The maximum absolute atomic E-state index is 13.7. The van der Waals surface area contributed by atoms with Crippen LogP contribution in [0.4, 0.5) is 8.78 Å². The molecule has 0 radical (unpaired) electrons. The van der Waals surface area contributed by atoms with Gasteiger partial charge >= 0.3 is 0 Å². The molecule has 1 saturated carbocycles. The molecule has 2 rings (SSSR count). The van der Waals surface area contributed by atoms with Crippen molar-refractivity contribution >= 4 is 0 Å². The molecule has 1 aromatic carbocycles. The van der Waals surface area contributed by atoms with Crippen LogP contribution in [0.1, 0.15) is 31.2 Å². The number of hydrogen-bond donors (Lipinski definition) is 1. The molecular weight excluding hydrogens is 224 g/mol. The molecule has 2 N–H and O–H groups in total. The zero-order valence-electron chi connectivity index (χ0n) is 9.88. The second-order valence-corrected chi connectivity index (χ2v) is 4.70. The zero-order chi connectivity index (χ0) is 12.4. The number of nitrogens with two attached hydrogens (primary N) is 1. The fraction of sp³-hybridized carbons (Fsp3) is 0.538. The Morgan fingerprint density at radius 1 is 1.41 bits per heavy atom. The molecule has 0 bridgehead atoms. The van der Waals surface area contributed by atoms with Gasteiger partial charge in [0.05, 0.1) is 6.61 Å². The molecule has 0 aliphatic heterocycles. The van der Waals surface area contributed by atoms with Gasteiger partial charge in [0.15, 0.2) is 11.6 Å². The van der Waals surface area contributed by atoms with Gasteiger partial charge in [-0.15, -0.1) is 0 Å². The van der Waals surface area contributed by atoms with E-state index in [0.29, 0.717) is 24.6 Å². The highest BCUT2D eigenvalue weighted by molar-refractivity contribution is 5.38. The molecular formula is C13H17F2NO. The number of ether oxygens (including phenoxy) is 1. The first-order valence-electron chi connectivity index (χ1n) is 5.93. The average molecular weight is 241 g/mol. The monoisotopic (exact) mass is 241 g/mol. The van der Waals surface area contributed by atoms with Crippen molar-refractivity contribution in [2.24, 2.45) is 11.7 Å². The highest BCUT2D eigenvalue weighted by Crippen LogP contribution is 2.34. The van der Waals surface area contributed by atoms with Crippen molar-refractivity contribution in [3.63, 3.8) is 0 Å². The van der Waals surface area contributed by atoms with Gasteiger partial charge < -0.3 is 10.5 Å². The molecule has 0 aromatic heterocycles. The summed E-state index contributed by atoms with van der Waals surface area (Å²) in [5.41, 5.74) is 6.06. The molecule has 0 heterocycles. The summed E-state index contributed by atoms with van der Waals surface area (Å²) < 4.78 is 32.3. The number of halogens is 2. The summed E-state index contributed by atoms with van der Waals surface area (Å²) in [6, 6.07) is 2.16. The molecule has 1 aromatic rings. The third kappa shape index (κ3) is 2.94. The van der Waals surface area contributed by atoms with E-state index < -0.39 is 11.6 Å². The van der Waals surface area contributed by atoms with Crippen LogP contribution >= 0.6 is 0 Å². The summed E-state index contributed by atoms with van der Waals surface area (Å²) in [6.45, 7) is 2.67.